The first-order valence-electron chi connectivity index (χ1n) is 4.97. The zero-order chi connectivity index (χ0) is 14.0. The number of nitrogens with one attached hydrogen (secondary N) is 1. The van der Waals surface area contributed by atoms with E-state index in [-0.39, 0.29) is 4.90 Å². The maximum atomic E-state index is 12.2. The van der Waals surface area contributed by atoms with Gasteiger partial charge in [-0.25, -0.2) is 8.42 Å². The van der Waals surface area contributed by atoms with Gasteiger partial charge in [-0.05, 0) is 66.0 Å². The van der Waals surface area contributed by atoms with Crippen molar-refractivity contribution < 1.29 is 8.42 Å². The second-order valence-electron chi connectivity index (χ2n) is 3.54. The molecule has 0 spiro atoms. The normalized spacial score (nSPS) is 11.3. The molecule has 1 heterocycles. The first-order valence-corrected chi connectivity index (χ1v) is 8.84. The van der Waals surface area contributed by atoms with E-state index in [1.807, 2.05) is 0 Å². The van der Waals surface area contributed by atoms with Crippen LogP contribution in [0.15, 0.2) is 55.0 Å². The fourth-order valence-electron chi connectivity index (χ4n) is 1.33. The molecule has 100 valence electrons. The van der Waals surface area contributed by atoms with Crippen LogP contribution in [-0.2, 0) is 10.0 Å². The van der Waals surface area contributed by atoms with Gasteiger partial charge in [0.25, 0.3) is 10.0 Å². The summed E-state index contributed by atoms with van der Waals surface area (Å²) in [6.45, 7) is 0. The van der Waals surface area contributed by atoms with Gasteiger partial charge in [-0.15, -0.1) is 0 Å². The molecule has 0 fully saturated rings. The molecule has 4 nitrogen and oxygen atoms in total. The predicted octanol–water partition coefficient (Wildman–Crippen LogP) is 4.17. The number of benzene rings is 1. The van der Waals surface area contributed by atoms with E-state index in [1.54, 1.807) is 18.2 Å². The molecule has 1 aromatic carbocycles. The summed E-state index contributed by atoms with van der Waals surface area (Å²) in [7, 11) is -3.68. The fourth-order valence-corrected chi connectivity index (χ4v) is 4.39. The van der Waals surface area contributed by atoms with Crippen LogP contribution in [0.2, 0.25) is 0 Å². The maximum Gasteiger partial charge on any atom is 0.263 e. The molecule has 2 aromatic rings. The van der Waals surface area contributed by atoms with Gasteiger partial charge in [0.2, 0.25) is 0 Å². The first kappa shape index (κ1) is 15.0. The zero-order valence-electron chi connectivity index (χ0n) is 9.27. The van der Waals surface area contributed by atoms with Crippen LogP contribution in [0.25, 0.3) is 0 Å². The van der Waals surface area contributed by atoms with Crippen molar-refractivity contribution in [3.8, 4) is 0 Å². The molecule has 8 heteroatoms. The Hall–Kier alpha value is -0.440. The van der Waals surface area contributed by atoms with Crippen LogP contribution >= 0.6 is 47.8 Å². The molecule has 0 aliphatic rings. The topological polar surface area (TPSA) is 59.1 Å². The van der Waals surface area contributed by atoms with Crippen LogP contribution in [0.1, 0.15) is 0 Å². The number of anilines is 1. The Morgan fingerprint density at radius 2 is 1.68 bits per heavy atom. The van der Waals surface area contributed by atoms with Crippen molar-refractivity contribution in [3.05, 3.63) is 50.1 Å². The van der Waals surface area contributed by atoms with Gasteiger partial charge in [-0.1, -0.05) is 6.07 Å². The number of para-hydroxylation sites is 1. The third-order valence-corrected chi connectivity index (χ3v) is 5.26. The Kier molecular flexibility index (Phi) is 4.65. The number of aromatic nitrogens is 1. The van der Waals surface area contributed by atoms with Crippen molar-refractivity contribution in [2.75, 3.05) is 4.72 Å². The third kappa shape index (κ3) is 3.56. The van der Waals surface area contributed by atoms with E-state index in [2.05, 4.69) is 57.5 Å². The van der Waals surface area contributed by atoms with Gasteiger partial charge in [0.05, 0.1) is 5.69 Å². The molecule has 0 saturated heterocycles. The van der Waals surface area contributed by atoms with Crippen molar-refractivity contribution >= 4 is 63.5 Å². The van der Waals surface area contributed by atoms with Crippen LogP contribution in [-0.4, -0.2) is 13.4 Å². The van der Waals surface area contributed by atoms with Crippen molar-refractivity contribution in [1.29, 1.82) is 0 Å². The molecular weight excluding hydrogens is 464 g/mol. The molecule has 0 amide bonds. The van der Waals surface area contributed by atoms with Gasteiger partial charge in [0, 0.05) is 25.8 Å². The summed E-state index contributed by atoms with van der Waals surface area (Å²) in [6, 6.07) is 6.79. The standard InChI is InChI=1S/C11H7Br3N2O2S/c12-7-4-8(6-15-5-7)19(17,18)16-11-9(13)2-1-3-10(11)14/h1-6,16H. The molecule has 2 rings (SSSR count). The lowest BCUT2D eigenvalue weighted by molar-refractivity contribution is 0.600. The first-order chi connectivity index (χ1) is 8.90. The Bertz CT molecular complexity index is 699. The lowest BCUT2D eigenvalue weighted by atomic mass is 10.3. The SMILES string of the molecule is O=S(=O)(Nc1c(Br)cccc1Br)c1cncc(Br)c1. The second-order valence-corrected chi connectivity index (χ2v) is 7.85. The van der Waals surface area contributed by atoms with Crippen molar-refractivity contribution in [2.24, 2.45) is 0 Å². The highest BCUT2D eigenvalue weighted by Crippen LogP contribution is 2.32. The van der Waals surface area contributed by atoms with E-state index in [0.717, 1.165) is 0 Å². The molecular formula is C11H7Br3N2O2S. The summed E-state index contributed by atoms with van der Waals surface area (Å²) in [4.78, 5) is 3.94. The van der Waals surface area contributed by atoms with Crippen LogP contribution in [0.4, 0.5) is 5.69 Å². The van der Waals surface area contributed by atoms with E-state index in [0.29, 0.717) is 19.1 Å². The summed E-state index contributed by atoms with van der Waals surface area (Å²) in [5.41, 5.74) is 0.447. The van der Waals surface area contributed by atoms with Crippen LogP contribution in [0, 0.1) is 0 Å². The van der Waals surface area contributed by atoms with Crippen LogP contribution < -0.4 is 4.72 Å². The quantitative estimate of drug-likeness (QED) is 0.732. The molecule has 0 unspecified atom stereocenters. The number of halogens is 3. The molecule has 0 atom stereocenters. The summed E-state index contributed by atoms with van der Waals surface area (Å²) < 4.78 is 28.9. The summed E-state index contributed by atoms with van der Waals surface area (Å²) in [5.74, 6) is 0. The third-order valence-electron chi connectivity index (χ3n) is 2.19. The van der Waals surface area contributed by atoms with Crippen molar-refractivity contribution in [2.45, 2.75) is 4.90 Å². The summed E-state index contributed by atoms with van der Waals surface area (Å²) in [5, 5.41) is 0. The number of pyridine rings is 1. The molecule has 19 heavy (non-hydrogen) atoms. The number of sulfonamides is 1. The Morgan fingerprint density at radius 1 is 1.05 bits per heavy atom. The Labute approximate surface area is 136 Å². The number of rotatable bonds is 3. The Balaban J connectivity index is 2.42. The minimum absolute atomic E-state index is 0.0875. The minimum Gasteiger partial charge on any atom is -0.277 e. The van der Waals surface area contributed by atoms with Crippen LogP contribution in [0.3, 0.4) is 0 Å². The van der Waals surface area contributed by atoms with E-state index in [1.165, 1.54) is 18.5 Å². The minimum atomic E-state index is -3.68. The molecule has 0 bridgehead atoms. The van der Waals surface area contributed by atoms with Gasteiger partial charge in [-0.2, -0.15) is 0 Å². The molecule has 0 radical (unpaired) electrons. The second kappa shape index (κ2) is 5.90. The average molecular weight is 471 g/mol. The fraction of sp³-hybridized carbons (Fsp3) is 0. The van der Waals surface area contributed by atoms with Crippen molar-refractivity contribution in [3.63, 3.8) is 0 Å². The Morgan fingerprint density at radius 3 is 2.26 bits per heavy atom. The number of hydrogen-bond acceptors (Lipinski definition) is 3. The summed E-state index contributed by atoms with van der Waals surface area (Å²) in [6.07, 6.45) is 2.81. The molecule has 0 aliphatic heterocycles. The largest absolute Gasteiger partial charge is 0.277 e. The smallest absolute Gasteiger partial charge is 0.263 e. The molecule has 0 saturated carbocycles. The van der Waals surface area contributed by atoms with Gasteiger partial charge in [-0.3, -0.25) is 9.71 Å². The highest BCUT2D eigenvalue weighted by Gasteiger charge is 2.17. The molecule has 0 aliphatic carbocycles. The zero-order valence-corrected chi connectivity index (χ0v) is 14.8. The lowest BCUT2D eigenvalue weighted by Gasteiger charge is -2.11. The van der Waals surface area contributed by atoms with Crippen molar-refractivity contribution in [1.82, 2.24) is 4.98 Å². The number of nitrogens with zero attached hydrogens (tertiary/aromatic N) is 1. The lowest BCUT2D eigenvalue weighted by Crippen LogP contribution is -2.14. The van der Waals surface area contributed by atoms with Gasteiger partial charge >= 0.3 is 0 Å². The predicted molar refractivity (Wildman–Crippen MR) is 84.6 cm³/mol. The number of hydrogen-bond donors (Lipinski definition) is 1. The molecule has 1 aromatic heterocycles. The maximum absolute atomic E-state index is 12.2. The van der Waals surface area contributed by atoms with E-state index in [9.17, 15) is 8.42 Å². The van der Waals surface area contributed by atoms with E-state index < -0.39 is 10.0 Å². The van der Waals surface area contributed by atoms with Gasteiger partial charge in [0.1, 0.15) is 4.90 Å². The summed E-state index contributed by atoms with van der Waals surface area (Å²) >= 11 is 9.81. The van der Waals surface area contributed by atoms with Gasteiger partial charge in [0.15, 0.2) is 0 Å². The van der Waals surface area contributed by atoms with E-state index >= 15 is 0 Å². The average Bonchev–Trinajstić information content (AvgIpc) is 2.34. The van der Waals surface area contributed by atoms with Gasteiger partial charge < -0.3 is 0 Å². The van der Waals surface area contributed by atoms with E-state index in [4.69, 9.17) is 0 Å². The van der Waals surface area contributed by atoms with Crippen LogP contribution in [0.5, 0.6) is 0 Å². The highest BCUT2D eigenvalue weighted by atomic mass is 79.9. The monoisotopic (exact) mass is 468 g/mol. The highest BCUT2D eigenvalue weighted by molar-refractivity contribution is 9.11. The molecule has 1 N–H and O–H groups in total.